The van der Waals surface area contributed by atoms with E-state index in [4.69, 9.17) is 4.42 Å². The number of nitrogens with zero attached hydrogens (tertiary/aromatic N) is 1. The van der Waals surface area contributed by atoms with Gasteiger partial charge in [0.05, 0.1) is 5.69 Å². The highest BCUT2D eigenvalue weighted by Crippen LogP contribution is 2.48. The summed E-state index contributed by atoms with van der Waals surface area (Å²) in [5.41, 5.74) is 13.1. The molecular weight excluding hydrogens is 627 g/mol. The van der Waals surface area contributed by atoms with Gasteiger partial charge in [0.1, 0.15) is 11.2 Å². The smallest absolute Gasteiger partial charge is 0.136 e. The largest absolute Gasteiger partial charge is 0.456 e. The van der Waals surface area contributed by atoms with E-state index in [2.05, 4.69) is 169 Å². The average molecular weight is 656 g/mol. The molecule has 10 aromatic rings. The van der Waals surface area contributed by atoms with Crippen LogP contribution in [0.5, 0.6) is 0 Å². The van der Waals surface area contributed by atoms with Crippen LogP contribution in [0.3, 0.4) is 0 Å². The van der Waals surface area contributed by atoms with Gasteiger partial charge in [0.2, 0.25) is 0 Å². The molecule has 0 atom stereocenters. The van der Waals surface area contributed by atoms with E-state index in [1.165, 1.54) is 75.4 Å². The molecule has 0 N–H and O–H groups in total. The molecule has 0 radical (unpaired) electrons. The van der Waals surface area contributed by atoms with Crippen LogP contribution in [0.25, 0.3) is 75.1 Å². The van der Waals surface area contributed by atoms with Gasteiger partial charge in [0, 0.05) is 48.7 Å². The SMILES string of the molecule is c1ccc(-c2ccc(N(c3ccc4oc5ccc6sc7c8ccccc8ccc7c6c5c4c3)c3cccc4c3Cc3ccccc3-4)cc2)cc1. The van der Waals surface area contributed by atoms with Crippen molar-refractivity contribution in [2.75, 3.05) is 4.90 Å². The Kier molecular flexibility index (Phi) is 5.92. The lowest BCUT2D eigenvalue weighted by atomic mass is 10.0. The first-order valence-corrected chi connectivity index (χ1v) is 18.0. The van der Waals surface area contributed by atoms with Crippen LogP contribution in [0, 0.1) is 0 Å². The first-order chi connectivity index (χ1) is 24.8. The topological polar surface area (TPSA) is 16.4 Å². The quantitative estimate of drug-likeness (QED) is 0.188. The second kappa shape index (κ2) is 10.7. The lowest BCUT2D eigenvalue weighted by Crippen LogP contribution is -2.12. The maximum atomic E-state index is 6.58. The Hall–Kier alpha value is -6.16. The molecule has 3 heteroatoms. The summed E-state index contributed by atoms with van der Waals surface area (Å²) in [5, 5.41) is 7.46. The summed E-state index contributed by atoms with van der Waals surface area (Å²) in [6.45, 7) is 0. The third kappa shape index (κ3) is 4.08. The molecule has 0 saturated carbocycles. The van der Waals surface area contributed by atoms with Gasteiger partial charge in [-0.05, 0) is 92.7 Å². The summed E-state index contributed by atoms with van der Waals surface area (Å²) in [6.07, 6.45) is 0.909. The van der Waals surface area contributed by atoms with E-state index in [0.717, 1.165) is 34.3 Å². The number of anilines is 3. The predicted octanol–water partition coefficient (Wildman–Crippen LogP) is 13.8. The molecule has 2 nitrogen and oxygen atoms in total. The maximum Gasteiger partial charge on any atom is 0.136 e. The Balaban J connectivity index is 1.15. The van der Waals surface area contributed by atoms with Crippen molar-refractivity contribution in [2.24, 2.45) is 0 Å². The zero-order valence-corrected chi connectivity index (χ0v) is 27.9. The van der Waals surface area contributed by atoms with Crippen LogP contribution < -0.4 is 4.90 Å². The van der Waals surface area contributed by atoms with Crippen LogP contribution >= 0.6 is 11.3 Å². The minimum atomic E-state index is 0.904. The molecule has 0 saturated heterocycles. The Labute approximate surface area is 293 Å². The van der Waals surface area contributed by atoms with Crippen molar-refractivity contribution in [1.82, 2.24) is 0 Å². The van der Waals surface area contributed by atoms with Crippen molar-refractivity contribution in [3.8, 4) is 22.3 Å². The Morgan fingerprint density at radius 2 is 1.26 bits per heavy atom. The molecule has 11 rings (SSSR count). The molecular formula is C47H29NOS. The van der Waals surface area contributed by atoms with Gasteiger partial charge in [-0.1, -0.05) is 115 Å². The Morgan fingerprint density at radius 3 is 2.18 bits per heavy atom. The molecule has 2 aromatic heterocycles. The summed E-state index contributed by atoms with van der Waals surface area (Å²) in [5.74, 6) is 0. The molecule has 1 aliphatic rings. The molecule has 234 valence electrons. The van der Waals surface area contributed by atoms with Gasteiger partial charge in [-0.3, -0.25) is 0 Å². The zero-order chi connectivity index (χ0) is 32.8. The molecule has 50 heavy (non-hydrogen) atoms. The summed E-state index contributed by atoms with van der Waals surface area (Å²) in [7, 11) is 0. The van der Waals surface area contributed by atoms with Crippen molar-refractivity contribution in [2.45, 2.75) is 6.42 Å². The van der Waals surface area contributed by atoms with E-state index in [9.17, 15) is 0 Å². The first kappa shape index (κ1) is 27.8. The van der Waals surface area contributed by atoms with Gasteiger partial charge in [-0.25, -0.2) is 0 Å². The third-order valence-corrected chi connectivity index (χ3v) is 11.7. The van der Waals surface area contributed by atoms with Crippen molar-refractivity contribution in [3.63, 3.8) is 0 Å². The Bertz CT molecular complexity index is 2950. The minimum absolute atomic E-state index is 0.904. The summed E-state index contributed by atoms with van der Waals surface area (Å²) in [6, 6.07) is 59.5. The van der Waals surface area contributed by atoms with Crippen LogP contribution in [-0.4, -0.2) is 0 Å². The van der Waals surface area contributed by atoms with Gasteiger partial charge < -0.3 is 9.32 Å². The van der Waals surface area contributed by atoms with Crippen molar-refractivity contribution in [3.05, 3.63) is 175 Å². The number of hydrogen-bond donors (Lipinski definition) is 0. The van der Waals surface area contributed by atoms with Crippen LogP contribution in [0.4, 0.5) is 17.1 Å². The second-order valence-electron chi connectivity index (χ2n) is 13.2. The standard InChI is InChI=1S/C47H29NOS/c1-2-9-29(10-3-1)30-17-20-33(21-18-30)48(41-16-8-15-37-35-13-6-5-12-32(35)27-39(37)41)34-22-24-42-40(28-34)45-43(49-42)25-26-44-46(45)38-23-19-31-11-4-7-14-36(31)47(38)50-44/h1-26,28H,27H2. The minimum Gasteiger partial charge on any atom is -0.456 e. The number of thiophene rings is 1. The highest BCUT2D eigenvalue weighted by Gasteiger charge is 2.26. The van der Waals surface area contributed by atoms with Gasteiger partial charge in [0.15, 0.2) is 0 Å². The maximum absolute atomic E-state index is 6.58. The molecule has 0 spiro atoms. The molecule has 0 fully saturated rings. The van der Waals surface area contributed by atoms with Crippen LogP contribution in [-0.2, 0) is 6.42 Å². The van der Waals surface area contributed by atoms with Crippen molar-refractivity contribution in [1.29, 1.82) is 0 Å². The summed E-state index contributed by atoms with van der Waals surface area (Å²) >= 11 is 1.88. The predicted molar refractivity (Wildman–Crippen MR) is 212 cm³/mol. The fraction of sp³-hybridized carbons (Fsp3) is 0.0213. The van der Waals surface area contributed by atoms with Crippen molar-refractivity contribution >= 4 is 81.3 Å². The van der Waals surface area contributed by atoms with Gasteiger partial charge in [0.25, 0.3) is 0 Å². The van der Waals surface area contributed by atoms with Crippen LogP contribution in [0.1, 0.15) is 11.1 Å². The van der Waals surface area contributed by atoms with E-state index in [-0.39, 0.29) is 0 Å². The highest BCUT2D eigenvalue weighted by atomic mass is 32.1. The lowest BCUT2D eigenvalue weighted by Gasteiger charge is -2.28. The number of fused-ring (bicyclic) bond motifs is 12. The molecule has 8 aromatic carbocycles. The fourth-order valence-corrected chi connectivity index (χ4v) is 9.45. The van der Waals surface area contributed by atoms with Gasteiger partial charge in [-0.2, -0.15) is 0 Å². The molecule has 0 bridgehead atoms. The molecule has 0 aliphatic heterocycles. The molecule has 2 heterocycles. The average Bonchev–Trinajstić information content (AvgIpc) is 3.87. The van der Waals surface area contributed by atoms with E-state index in [1.54, 1.807) is 0 Å². The fourth-order valence-electron chi connectivity index (χ4n) is 8.20. The summed E-state index contributed by atoms with van der Waals surface area (Å²) < 4.78 is 9.19. The number of benzene rings is 8. The second-order valence-corrected chi connectivity index (χ2v) is 14.3. The van der Waals surface area contributed by atoms with Crippen LogP contribution in [0.2, 0.25) is 0 Å². The number of furan rings is 1. The molecule has 0 amide bonds. The third-order valence-electron chi connectivity index (χ3n) is 10.5. The van der Waals surface area contributed by atoms with Gasteiger partial charge in [-0.15, -0.1) is 11.3 Å². The summed E-state index contributed by atoms with van der Waals surface area (Å²) in [4.78, 5) is 2.44. The first-order valence-electron chi connectivity index (χ1n) is 17.1. The molecule has 0 unspecified atom stereocenters. The normalized spacial score (nSPS) is 12.3. The Morgan fingerprint density at radius 1 is 0.500 bits per heavy atom. The van der Waals surface area contributed by atoms with E-state index >= 15 is 0 Å². The lowest BCUT2D eigenvalue weighted by molar-refractivity contribution is 0.669. The van der Waals surface area contributed by atoms with Crippen molar-refractivity contribution < 1.29 is 4.42 Å². The van der Waals surface area contributed by atoms with E-state index < -0.39 is 0 Å². The zero-order valence-electron chi connectivity index (χ0n) is 27.1. The van der Waals surface area contributed by atoms with E-state index in [1.807, 2.05) is 11.3 Å². The van der Waals surface area contributed by atoms with Crippen LogP contribution in [0.15, 0.2) is 168 Å². The highest BCUT2D eigenvalue weighted by molar-refractivity contribution is 7.27. The monoisotopic (exact) mass is 655 g/mol. The molecule has 1 aliphatic carbocycles. The van der Waals surface area contributed by atoms with Gasteiger partial charge >= 0.3 is 0 Å². The van der Waals surface area contributed by atoms with E-state index in [0.29, 0.717) is 0 Å². The number of rotatable bonds is 4. The number of hydrogen-bond acceptors (Lipinski definition) is 3.